The molecule has 0 bridgehead atoms. The molecule has 1 saturated carbocycles. The van der Waals surface area contributed by atoms with Crippen molar-refractivity contribution in [1.82, 2.24) is 15.2 Å². The molecule has 3 heterocycles. The highest BCUT2D eigenvalue weighted by molar-refractivity contribution is 7.09. The smallest absolute Gasteiger partial charge is 0.475 e. The van der Waals surface area contributed by atoms with Gasteiger partial charge in [0, 0.05) is 23.9 Å². The van der Waals surface area contributed by atoms with Crippen LogP contribution in [0.5, 0.6) is 0 Å². The van der Waals surface area contributed by atoms with Gasteiger partial charge < -0.3 is 14.7 Å². The number of anilines is 1. The number of carboxylic acids is 1. The number of thiazole rings is 1. The lowest BCUT2D eigenvalue weighted by molar-refractivity contribution is -0.192. The fourth-order valence-electron chi connectivity index (χ4n) is 4.22. The van der Waals surface area contributed by atoms with Gasteiger partial charge in [-0.05, 0) is 44.7 Å². The van der Waals surface area contributed by atoms with Crippen LogP contribution in [0.2, 0.25) is 0 Å². The Bertz CT molecular complexity index is 891. The molecule has 170 valence electrons. The third-order valence-electron chi connectivity index (χ3n) is 5.70. The zero-order chi connectivity index (χ0) is 22.6. The van der Waals surface area contributed by atoms with E-state index in [2.05, 4.69) is 31.5 Å². The number of nitrogens with zero attached hydrogens (tertiary/aromatic N) is 4. The summed E-state index contributed by atoms with van der Waals surface area (Å²) in [6.07, 6.45) is -1.21. The summed E-state index contributed by atoms with van der Waals surface area (Å²) in [6, 6.07) is 4.14. The molecule has 0 unspecified atom stereocenters. The molecule has 31 heavy (non-hydrogen) atoms. The van der Waals surface area contributed by atoms with E-state index in [1.807, 2.05) is 19.9 Å². The first kappa shape index (κ1) is 23.4. The second-order valence-corrected chi connectivity index (χ2v) is 9.08. The Kier molecular flexibility index (Phi) is 7.15. The first-order chi connectivity index (χ1) is 14.6. The average Bonchev–Trinajstić information content (AvgIpc) is 3.36. The maximum Gasteiger partial charge on any atom is 0.490 e. The topological polar surface area (TPSA) is 88.4 Å². The monoisotopic (exact) mass is 458 g/mol. The van der Waals surface area contributed by atoms with E-state index in [-0.39, 0.29) is 5.41 Å². The largest absolute Gasteiger partial charge is 0.490 e. The summed E-state index contributed by atoms with van der Waals surface area (Å²) in [5.74, 6) is -1.05. The second-order valence-electron chi connectivity index (χ2n) is 8.02. The summed E-state index contributed by atoms with van der Waals surface area (Å²) >= 11 is 1.69. The molecule has 1 aliphatic carbocycles. The number of hydrogen-bond acceptors (Lipinski definition) is 7. The van der Waals surface area contributed by atoms with Gasteiger partial charge in [-0.25, -0.2) is 9.78 Å². The van der Waals surface area contributed by atoms with Crippen molar-refractivity contribution in [2.75, 3.05) is 24.6 Å². The fraction of sp³-hybridized carbons (Fsp3) is 0.600. The molecule has 0 spiro atoms. The van der Waals surface area contributed by atoms with E-state index in [9.17, 15) is 13.2 Å². The number of ether oxygens (including phenoxy) is 1. The number of alkyl halides is 3. The minimum absolute atomic E-state index is 0.275. The number of carbonyl (C=O) groups is 1. The highest BCUT2D eigenvalue weighted by atomic mass is 32.1. The van der Waals surface area contributed by atoms with Gasteiger partial charge in [-0.3, -0.25) is 0 Å². The Hall–Kier alpha value is -2.27. The molecule has 11 heteroatoms. The number of fused-ring (bicyclic) bond motifs is 1. The van der Waals surface area contributed by atoms with Crippen molar-refractivity contribution in [3.8, 4) is 0 Å². The Morgan fingerprint density at radius 2 is 2.10 bits per heavy atom. The van der Waals surface area contributed by atoms with Crippen molar-refractivity contribution in [1.29, 1.82) is 0 Å². The second kappa shape index (κ2) is 9.47. The highest BCUT2D eigenvalue weighted by Gasteiger charge is 2.50. The Labute approximate surface area is 182 Å². The molecule has 0 amide bonds. The lowest BCUT2D eigenvalue weighted by atomic mass is 9.81. The van der Waals surface area contributed by atoms with Crippen LogP contribution in [-0.4, -0.2) is 52.1 Å². The third kappa shape index (κ3) is 5.91. The maximum atomic E-state index is 10.6. The summed E-state index contributed by atoms with van der Waals surface area (Å²) in [7, 11) is 0. The molecule has 2 atom stereocenters. The normalized spacial score (nSPS) is 22.7. The molecule has 1 saturated heterocycles. The van der Waals surface area contributed by atoms with Crippen molar-refractivity contribution >= 4 is 23.1 Å². The standard InChI is InChI=1S/C18H24N4OS.C2HF3O2/c1-13-5-6-17(21-20-13)22-8-15-4-3-7-18(15,11-22)12-23-9-16-10-24-14(2)19-16;3-2(4,5)1(6)7/h5-6,10,15H,3-4,7-9,11-12H2,1-2H3;(H,6,7)/t15-,18+;/m1./s1. The predicted molar refractivity (Wildman–Crippen MR) is 109 cm³/mol. The number of hydrogen-bond donors (Lipinski definition) is 1. The summed E-state index contributed by atoms with van der Waals surface area (Å²) in [4.78, 5) is 15.8. The molecule has 0 radical (unpaired) electrons. The molecule has 4 rings (SSSR count). The first-order valence-electron chi connectivity index (χ1n) is 9.93. The summed E-state index contributed by atoms with van der Waals surface area (Å²) in [5, 5.41) is 18.9. The molecule has 2 aromatic rings. The quantitative estimate of drug-likeness (QED) is 0.724. The molecule has 2 fully saturated rings. The van der Waals surface area contributed by atoms with Crippen LogP contribution in [0.25, 0.3) is 0 Å². The Morgan fingerprint density at radius 1 is 1.35 bits per heavy atom. The van der Waals surface area contributed by atoms with Crippen LogP contribution < -0.4 is 4.90 Å². The van der Waals surface area contributed by atoms with E-state index in [1.165, 1.54) is 19.3 Å². The van der Waals surface area contributed by atoms with Crippen LogP contribution in [0.15, 0.2) is 17.5 Å². The fourth-order valence-corrected chi connectivity index (χ4v) is 4.82. The zero-order valence-electron chi connectivity index (χ0n) is 17.4. The number of rotatable bonds is 5. The van der Waals surface area contributed by atoms with Crippen LogP contribution in [0, 0.1) is 25.2 Å². The minimum atomic E-state index is -5.08. The molecular weight excluding hydrogens is 433 g/mol. The first-order valence-corrected chi connectivity index (χ1v) is 10.8. The maximum absolute atomic E-state index is 10.6. The van der Waals surface area contributed by atoms with E-state index >= 15 is 0 Å². The van der Waals surface area contributed by atoms with Gasteiger partial charge in [-0.15, -0.1) is 16.4 Å². The van der Waals surface area contributed by atoms with E-state index in [1.54, 1.807) is 11.3 Å². The number of aromatic nitrogens is 3. The predicted octanol–water partition coefficient (Wildman–Crippen LogP) is 4.01. The van der Waals surface area contributed by atoms with Crippen molar-refractivity contribution in [2.45, 2.75) is 45.9 Å². The van der Waals surface area contributed by atoms with E-state index < -0.39 is 12.1 Å². The van der Waals surface area contributed by atoms with Gasteiger partial charge in [0.05, 0.1) is 29.6 Å². The van der Waals surface area contributed by atoms with Gasteiger partial charge in [0.15, 0.2) is 5.82 Å². The summed E-state index contributed by atoms with van der Waals surface area (Å²) < 4.78 is 37.8. The van der Waals surface area contributed by atoms with Crippen LogP contribution in [0.1, 0.15) is 35.7 Å². The number of halogens is 3. The molecule has 7 nitrogen and oxygen atoms in total. The molecule has 0 aromatic carbocycles. The van der Waals surface area contributed by atoms with Crippen LogP contribution >= 0.6 is 11.3 Å². The molecule has 2 aliphatic rings. The average molecular weight is 459 g/mol. The lowest BCUT2D eigenvalue weighted by Crippen LogP contribution is -2.32. The van der Waals surface area contributed by atoms with Crippen molar-refractivity contribution < 1.29 is 27.8 Å². The SMILES string of the molecule is Cc1ccc(N2C[C@H]3CCC[C@@]3(COCc3csc(C)n3)C2)nn1.O=C(O)C(F)(F)F. The number of aliphatic carboxylic acids is 1. The van der Waals surface area contributed by atoms with Crippen LogP contribution in [0.4, 0.5) is 19.0 Å². The molecule has 2 aromatic heterocycles. The Morgan fingerprint density at radius 3 is 2.68 bits per heavy atom. The van der Waals surface area contributed by atoms with Gasteiger partial charge in [0.25, 0.3) is 0 Å². The van der Waals surface area contributed by atoms with E-state index in [0.717, 1.165) is 41.9 Å². The lowest BCUT2D eigenvalue weighted by Gasteiger charge is -2.28. The van der Waals surface area contributed by atoms with Gasteiger partial charge in [0.2, 0.25) is 0 Å². The molecule has 1 aliphatic heterocycles. The van der Waals surface area contributed by atoms with Gasteiger partial charge in [0.1, 0.15) is 0 Å². The van der Waals surface area contributed by atoms with Crippen LogP contribution in [-0.2, 0) is 16.1 Å². The van der Waals surface area contributed by atoms with Crippen molar-refractivity contribution in [3.63, 3.8) is 0 Å². The highest BCUT2D eigenvalue weighted by Crippen LogP contribution is 2.49. The third-order valence-corrected chi connectivity index (χ3v) is 6.52. The van der Waals surface area contributed by atoms with Crippen molar-refractivity contribution in [2.24, 2.45) is 11.3 Å². The molecular formula is C20H25F3N4O3S. The number of aryl methyl sites for hydroxylation is 2. The van der Waals surface area contributed by atoms with E-state index in [4.69, 9.17) is 14.6 Å². The Balaban J connectivity index is 0.000000339. The zero-order valence-corrected chi connectivity index (χ0v) is 18.2. The van der Waals surface area contributed by atoms with Gasteiger partial charge >= 0.3 is 12.1 Å². The number of carboxylic acid groups (broad SMARTS) is 1. The minimum Gasteiger partial charge on any atom is -0.475 e. The van der Waals surface area contributed by atoms with Crippen LogP contribution in [0.3, 0.4) is 0 Å². The summed E-state index contributed by atoms with van der Waals surface area (Å²) in [5.41, 5.74) is 2.30. The van der Waals surface area contributed by atoms with E-state index in [0.29, 0.717) is 12.5 Å². The van der Waals surface area contributed by atoms with Crippen molar-refractivity contribution in [3.05, 3.63) is 33.9 Å². The van der Waals surface area contributed by atoms with Gasteiger partial charge in [-0.2, -0.15) is 18.3 Å². The van der Waals surface area contributed by atoms with Gasteiger partial charge in [-0.1, -0.05) is 6.42 Å². The molecule has 1 N–H and O–H groups in total. The summed E-state index contributed by atoms with van der Waals surface area (Å²) in [6.45, 7) is 7.58.